The van der Waals surface area contributed by atoms with Crippen LogP contribution in [0.4, 0.5) is 0 Å². The number of hydrogen-bond acceptors (Lipinski definition) is 3. The summed E-state index contributed by atoms with van der Waals surface area (Å²) in [5, 5.41) is 12.4. The Hall–Kier alpha value is -1.55. The van der Waals surface area contributed by atoms with Crippen LogP contribution in [0.2, 0.25) is 0 Å². The Kier molecular flexibility index (Phi) is 5.16. The van der Waals surface area contributed by atoms with Gasteiger partial charge in [0, 0.05) is 18.7 Å². The van der Waals surface area contributed by atoms with Crippen LogP contribution in [0.3, 0.4) is 0 Å². The van der Waals surface area contributed by atoms with Gasteiger partial charge in [-0.15, -0.1) is 0 Å². The first kappa shape index (κ1) is 14.5. The Balaban J connectivity index is 2.46. The molecular weight excluding hydrogens is 230 g/mol. The van der Waals surface area contributed by atoms with Crippen molar-refractivity contribution in [3.05, 3.63) is 29.8 Å². The topological polar surface area (TPSA) is 58.6 Å². The Morgan fingerprint density at radius 1 is 1.39 bits per heavy atom. The molecule has 0 bridgehead atoms. The van der Waals surface area contributed by atoms with E-state index in [1.54, 1.807) is 24.3 Å². The van der Waals surface area contributed by atoms with Crippen molar-refractivity contribution in [2.24, 2.45) is 0 Å². The third-order valence-electron chi connectivity index (χ3n) is 2.59. The highest BCUT2D eigenvalue weighted by Crippen LogP contribution is 2.16. The zero-order valence-corrected chi connectivity index (χ0v) is 11.2. The van der Waals surface area contributed by atoms with Gasteiger partial charge in [0.15, 0.2) is 0 Å². The van der Waals surface area contributed by atoms with Gasteiger partial charge in [-0.25, -0.2) is 0 Å². The highest BCUT2D eigenvalue weighted by Gasteiger charge is 2.18. The Morgan fingerprint density at radius 2 is 2.06 bits per heavy atom. The second-order valence-electron chi connectivity index (χ2n) is 4.77. The van der Waals surface area contributed by atoms with E-state index >= 15 is 0 Å². The summed E-state index contributed by atoms with van der Waals surface area (Å²) in [5.41, 5.74) is 0.257. The van der Waals surface area contributed by atoms with Crippen LogP contribution in [0.1, 0.15) is 26.3 Å². The zero-order chi connectivity index (χ0) is 13.6. The molecule has 0 heterocycles. The van der Waals surface area contributed by atoms with E-state index < -0.39 is 0 Å². The third kappa shape index (κ3) is 4.75. The predicted octanol–water partition coefficient (Wildman–Crippen LogP) is 1.87. The maximum absolute atomic E-state index is 11.7. The monoisotopic (exact) mass is 251 g/mol. The molecule has 0 unspecified atom stereocenters. The smallest absolute Gasteiger partial charge is 0.224 e. The molecule has 2 N–H and O–H groups in total. The van der Waals surface area contributed by atoms with Crippen molar-refractivity contribution < 1.29 is 14.6 Å². The molecule has 0 atom stereocenters. The number of amides is 1. The summed E-state index contributed by atoms with van der Waals surface area (Å²) >= 11 is 0. The number of rotatable bonds is 6. The van der Waals surface area contributed by atoms with Gasteiger partial charge < -0.3 is 15.2 Å². The van der Waals surface area contributed by atoms with E-state index in [1.165, 1.54) is 0 Å². The van der Waals surface area contributed by atoms with Gasteiger partial charge >= 0.3 is 0 Å². The van der Waals surface area contributed by atoms with Crippen LogP contribution in [0.25, 0.3) is 0 Å². The van der Waals surface area contributed by atoms with E-state index in [4.69, 9.17) is 4.74 Å². The fourth-order valence-corrected chi connectivity index (χ4v) is 1.65. The van der Waals surface area contributed by atoms with Gasteiger partial charge in [-0.1, -0.05) is 18.2 Å². The molecule has 4 nitrogen and oxygen atoms in total. The summed E-state index contributed by atoms with van der Waals surface area (Å²) in [6.45, 7) is 6.84. The summed E-state index contributed by atoms with van der Waals surface area (Å²) in [7, 11) is 0. The first-order valence-corrected chi connectivity index (χ1v) is 6.12. The molecule has 4 heteroatoms. The number of phenols is 1. The largest absolute Gasteiger partial charge is 0.508 e. The number of ether oxygens (including phenoxy) is 1. The average molecular weight is 251 g/mol. The van der Waals surface area contributed by atoms with Crippen molar-refractivity contribution in [1.82, 2.24) is 5.32 Å². The second kappa shape index (κ2) is 6.40. The van der Waals surface area contributed by atoms with Crippen LogP contribution in [-0.2, 0) is 16.0 Å². The van der Waals surface area contributed by atoms with Crippen molar-refractivity contribution in [2.75, 3.05) is 13.2 Å². The van der Waals surface area contributed by atoms with E-state index in [0.29, 0.717) is 18.7 Å². The first-order chi connectivity index (χ1) is 8.44. The molecule has 0 spiro atoms. The van der Waals surface area contributed by atoms with Gasteiger partial charge in [0.05, 0.1) is 12.0 Å². The summed E-state index contributed by atoms with van der Waals surface area (Å²) in [5.74, 6) is 0.0287. The lowest BCUT2D eigenvalue weighted by atomic mass is 10.1. The number of carbonyl (C=O) groups is 1. The molecule has 0 aliphatic heterocycles. The van der Waals surface area contributed by atoms with Crippen molar-refractivity contribution in [2.45, 2.75) is 32.8 Å². The van der Waals surface area contributed by atoms with Gasteiger partial charge in [-0.2, -0.15) is 0 Å². The molecular formula is C14H21NO3. The van der Waals surface area contributed by atoms with Crippen LogP contribution in [0, 0.1) is 0 Å². The molecule has 0 aliphatic carbocycles. The number of hydrogen-bond donors (Lipinski definition) is 2. The maximum atomic E-state index is 11.7. The lowest BCUT2D eigenvalue weighted by molar-refractivity contribution is -0.122. The van der Waals surface area contributed by atoms with Crippen LogP contribution >= 0.6 is 0 Å². The predicted molar refractivity (Wildman–Crippen MR) is 70.5 cm³/mol. The van der Waals surface area contributed by atoms with Crippen LogP contribution in [0.15, 0.2) is 24.3 Å². The van der Waals surface area contributed by atoms with E-state index in [1.807, 2.05) is 20.8 Å². The molecule has 0 fully saturated rings. The fourth-order valence-electron chi connectivity index (χ4n) is 1.65. The molecule has 0 aromatic heterocycles. The number of para-hydroxylation sites is 1. The molecule has 0 aliphatic rings. The van der Waals surface area contributed by atoms with Gasteiger partial charge in [0.2, 0.25) is 5.91 Å². The molecule has 1 amide bonds. The normalized spacial score (nSPS) is 11.3. The number of benzene rings is 1. The fraction of sp³-hybridized carbons (Fsp3) is 0.500. The number of carbonyl (C=O) groups excluding carboxylic acids is 1. The molecule has 0 radical (unpaired) electrons. The summed E-state index contributed by atoms with van der Waals surface area (Å²) in [6.07, 6.45) is 0.175. The lowest BCUT2D eigenvalue weighted by Crippen LogP contribution is -2.41. The molecule has 1 aromatic carbocycles. The quantitative estimate of drug-likeness (QED) is 0.811. The van der Waals surface area contributed by atoms with Gasteiger partial charge in [0.25, 0.3) is 0 Å². The van der Waals surface area contributed by atoms with Crippen molar-refractivity contribution in [3.63, 3.8) is 0 Å². The van der Waals surface area contributed by atoms with E-state index in [2.05, 4.69) is 5.32 Å². The summed E-state index contributed by atoms with van der Waals surface area (Å²) in [4.78, 5) is 11.7. The molecule has 18 heavy (non-hydrogen) atoms. The van der Waals surface area contributed by atoms with E-state index in [9.17, 15) is 9.90 Å². The Labute approximate surface area is 108 Å². The Morgan fingerprint density at radius 3 is 2.67 bits per heavy atom. The van der Waals surface area contributed by atoms with Crippen LogP contribution < -0.4 is 5.32 Å². The SMILES string of the molecule is CCOC(C)(C)CNC(=O)Cc1ccccc1O. The molecule has 100 valence electrons. The summed E-state index contributed by atoms with van der Waals surface area (Å²) in [6, 6.07) is 6.84. The number of nitrogens with one attached hydrogen (secondary N) is 1. The standard InChI is InChI=1S/C14H21NO3/c1-4-18-14(2,3)10-15-13(17)9-11-7-5-6-8-12(11)16/h5-8,16H,4,9-10H2,1-3H3,(H,15,17). The highest BCUT2D eigenvalue weighted by molar-refractivity contribution is 5.79. The maximum Gasteiger partial charge on any atom is 0.224 e. The Bertz CT molecular complexity index is 402. The van der Waals surface area contributed by atoms with Crippen molar-refractivity contribution >= 4 is 5.91 Å². The molecule has 0 saturated heterocycles. The molecule has 1 aromatic rings. The minimum absolute atomic E-state index is 0.121. The average Bonchev–Trinajstić information content (AvgIpc) is 2.30. The summed E-state index contributed by atoms with van der Waals surface area (Å²) < 4.78 is 5.49. The third-order valence-corrected chi connectivity index (χ3v) is 2.59. The second-order valence-corrected chi connectivity index (χ2v) is 4.77. The zero-order valence-electron chi connectivity index (χ0n) is 11.2. The van der Waals surface area contributed by atoms with Crippen molar-refractivity contribution in [3.8, 4) is 5.75 Å². The minimum Gasteiger partial charge on any atom is -0.508 e. The lowest BCUT2D eigenvalue weighted by Gasteiger charge is -2.24. The van der Waals surface area contributed by atoms with Crippen LogP contribution in [0.5, 0.6) is 5.75 Å². The van der Waals surface area contributed by atoms with E-state index in [-0.39, 0.29) is 23.7 Å². The van der Waals surface area contributed by atoms with Gasteiger partial charge in [0.1, 0.15) is 5.75 Å². The highest BCUT2D eigenvalue weighted by atomic mass is 16.5. The molecule has 1 rings (SSSR count). The van der Waals surface area contributed by atoms with Gasteiger partial charge in [-0.05, 0) is 26.8 Å². The molecule has 0 saturated carbocycles. The number of phenolic OH excluding ortho intramolecular Hbond substituents is 1. The van der Waals surface area contributed by atoms with Gasteiger partial charge in [-0.3, -0.25) is 4.79 Å². The number of aromatic hydroxyl groups is 1. The first-order valence-electron chi connectivity index (χ1n) is 6.12. The van der Waals surface area contributed by atoms with Crippen LogP contribution in [-0.4, -0.2) is 29.8 Å². The minimum atomic E-state index is -0.372. The van der Waals surface area contributed by atoms with Crippen molar-refractivity contribution in [1.29, 1.82) is 0 Å². The van der Waals surface area contributed by atoms with E-state index in [0.717, 1.165) is 0 Å².